The van der Waals surface area contributed by atoms with E-state index in [-0.39, 0.29) is 5.54 Å². The van der Waals surface area contributed by atoms with E-state index in [1.54, 1.807) is 11.3 Å². The molecular formula is C11H17ClN2S. The molecule has 0 saturated carbocycles. The van der Waals surface area contributed by atoms with E-state index in [4.69, 9.17) is 11.6 Å². The first-order chi connectivity index (χ1) is 7.08. The molecule has 2 rings (SSSR count). The van der Waals surface area contributed by atoms with Crippen molar-refractivity contribution in [2.45, 2.75) is 25.9 Å². The Bertz CT molecular complexity index is 335. The Hall–Kier alpha value is -0.0900. The van der Waals surface area contributed by atoms with Gasteiger partial charge in [-0.3, -0.25) is 4.90 Å². The summed E-state index contributed by atoms with van der Waals surface area (Å²) < 4.78 is 0.887. The van der Waals surface area contributed by atoms with Gasteiger partial charge in [0.05, 0.1) is 4.34 Å². The Labute approximate surface area is 100 Å². The molecule has 0 bridgehead atoms. The number of nitrogens with one attached hydrogen (secondary N) is 1. The Kier molecular flexibility index (Phi) is 3.36. The van der Waals surface area contributed by atoms with Gasteiger partial charge in [-0.05, 0) is 26.0 Å². The summed E-state index contributed by atoms with van der Waals surface area (Å²) in [6.07, 6.45) is 0. The number of halogens is 1. The Morgan fingerprint density at radius 2 is 2.33 bits per heavy atom. The normalized spacial score (nSPS) is 21.8. The van der Waals surface area contributed by atoms with E-state index in [0.717, 1.165) is 30.5 Å². The average Bonchev–Trinajstić information content (AvgIpc) is 2.55. The lowest BCUT2D eigenvalue weighted by Crippen LogP contribution is -2.57. The maximum atomic E-state index is 5.94. The highest BCUT2D eigenvalue weighted by Crippen LogP contribution is 2.26. The zero-order chi connectivity index (χ0) is 10.9. The van der Waals surface area contributed by atoms with Crippen molar-refractivity contribution in [2.75, 3.05) is 19.6 Å². The third-order valence-corrected chi connectivity index (χ3v) is 4.16. The van der Waals surface area contributed by atoms with Crippen molar-refractivity contribution in [3.8, 4) is 0 Å². The molecule has 2 heterocycles. The predicted octanol–water partition coefficient (Wildman–Crippen LogP) is 2.59. The van der Waals surface area contributed by atoms with Crippen LogP contribution in [0.2, 0.25) is 4.34 Å². The fourth-order valence-corrected chi connectivity index (χ4v) is 3.04. The minimum atomic E-state index is 0.245. The average molecular weight is 245 g/mol. The SMILES string of the molecule is CC1(C)CNCCN1Cc1ccc(Cl)s1. The van der Waals surface area contributed by atoms with Crippen molar-refractivity contribution in [1.82, 2.24) is 10.2 Å². The molecule has 0 unspecified atom stereocenters. The molecule has 1 N–H and O–H groups in total. The van der Waals surface area contributed by atoms with E-state index in [1.165, 1.54) is 4.88 Å². The van der Waals surface area contributed by atoms with Gasteiger partial charge in [-0.25, -0.2) is 0 Å². The molecular weight excluding hydrogens is 228 g/mol. The van der Waals surface area contributed by atoms with Gasteiger partial charge in [-0.15, -0.1) is 11.3 Å². The number of thiophene rings is 1. The number of hydrogen-bond donors (Lipinski definition) is 1. The molecule has 1 aliphatic heterocycles. The zero-order valence-corrected chi connectivity index (χ0v) is 10.8. The molecule has 0 radical (unpaired) electrons. The predicted molar refractivity (Wildman–Crippen MR) is 66.7 cm³/mol. The molecule has 4 heteroatoms. The fraction of sp³-hybridized carbons (Fsp3) is 0.636. The van der Waals surface area contributed by atoms with Crippen LogP contribution in [0.25, 0.3) is 0 Å². The largest absolute Gasteiger partial charge is 0.314 e. The molecule has 1 fully saturated rings. The standard InChI is InChI=1S/C11H17ClN2S/c1-11(2)8-13-5-6-14(11)7-9-3-4-10(12)15-9/h3-4,13H,5-8H2,1-2H3. The van der Waals surface area contributed by atoms with Crippen LogP contribution in [0.15, 0.2) is 12.1 Å². The molecule has 84 valence electrons. The third-order valence-electron chi connectivity index (χ3n) is 2.95. The smallest absolute Gasteiger partial charge is 0.0931 e. The van der Waals surface area contributed by atoms with Crippen molar-refractivity contribution in [2.24, 2.45) is 0 Å². The topological polar surface area (TPSA) is 15.3 Å². The molecule has 0 spiro atoms. The van der Waals surface area contributed by atoms with Gasteiger partial charge in [-0.1, -0.05) is 11.6 Å². The molecule has 0 amide bonds. The number of hydrogen-bond acceptors (Lipinski definition) is 3. The van der Waals surface area contributed by atoms with Crippen molar-refractivity contribution in [1.29, 1.82) is 0 Å². The van der Waals surface area contributed by atoms with E-state index in [1.807, 2.05) is 6.07 Å². The first kappa shape index (κ1) is 11.4. The zero-order valence-electron chi connectivity index (χ0n) is 9.22. The molecule has 1 aromatic heterocycles. The van der Waals surface area contributed by atoms with Gasteiger partial charge in [0.15, 0.2) is 0 Å². The molecule has 0 aliphatic carbocycles. The van der Waals surface area contributed by atoms with Crippen LogP contribution < -0.4 is 5.32 Å². The third kappa shape index (κ3) is 2.72. The van der Waals surface area contributed by atoms with Crippen molar-refractivity contribution in [3.05, 3.63) is 21.3 Å². The van der Waals surface area contributed by atoms with Gasteiger partial charge < -0.3 is 5.32 Å². The number of rotatable bonds is 2. The van der Waals surface area contributed by atoms with Gasteiger partial charge in [0, 0.05) is 36.6 Å². The minimum Gasteiger partial charge on any atom is -0.314 e. The maximum absolute atomic E-state index is 5.94. The summed E-state index contributed by atoms with van der Waals surface area (Å²) in [5.41, 5.74) is 0.245. The Morgan fingerprint density at radius 3 is 2.93 bits per heavy atom. The van der Waals surface area contributed by atoms with E-state index in [0.29, 0.717) is 0 Å². The summed E-state index contributed by atoms with van der Waals surface area (Å²) in [6, 6.07) is 4.11. The minimum absolute atomic E-state index is 0.245. The number of piperazine rings is 1. The van der Waals surface area contributed by atoms with Gasteiger partial charge in [0.1, 0.15) is 0 Å². The van der Waals surface area contributed by atoms with E-state index >= 15 is 0 Å². The lowest BCUT2D eigenvalue weighted by Gasteiger charge is -2.42. The molecule has 1 aliphatic rings. The van der Waals surface area contributed by atoms with Crippen LogP contribution in [0.5, 0.6) is 0 Å². The first-order valence-corrected chi connectivity index (χ1v) is 6.47. The highest BCUT2D eigenvalue weighted by Gasteiger charge is 2.29. The lowest BCUT2D eigenvalue weighted by atomic mass is 10.0. The van der Waals surface area contributed by atoms with Crippen LogP contribution in [-0.4, -0.2) is 30.1 Å². The van der Waals surface area contributed by atoms with E-state index in [9.17, 15) is 0 Å². The maximum Gasteiger partial charge on any atom is 0.0931 e. The van der Waals surface area contributed by atoms with Gasteiger partial charge >= 0.3 is 0 Å². The van der Waals surface area contributed by atoms with Crippen LogP contribution in [0.3, 0.4) is 0 Å². The fourth-order valence-electron chi connectivity index (χ4n) is 1.94. The van der Waals surface area contributed by atoms with E-state index < -0.39 is 0 Å². The summed E-state index contributed by atoms with van der Waals surface area (Å²) in [5, 5.41) is 3.43. The second-order valence-corrected chi connectivity index (χ2v) is 6.42. The first-order valence-electron chi connectivity index (χ1n) is 5.28. The highest BCUT2D eigenvalue weighted by atomic mass is 35.5. The van der Waals surface area contributed by atoms with Gasteiger partial charge in [0.25, 0.3) is 0 Å². The second-order valence-electron chi connectivity index (χ2n) is 4.62. The summed E-state index contributed by atoms with van der Waals surface area (Å²) in [6.45, 7) is 8.85. The lowest BCUT2D eigenvalue weighted by molar-refractivity contribution is 0.0838. The van der Waals surface area contributed by atoms with Crippen molar-refractivity contribution >= 4 is 22.9 Å². The van der Waals surface area contributed by atoms with Crippen LogP contribution in [0.1, 0.15) is 18.7 Å². The van der Waals surface area contributed by atoms with Crippen LogP contribution in [0.4, 0.5) is 0 Å². The molecule has 0 atom stereocenters. The summed E-state index contributed by atoms with van der Waals surface area (Å²) in [4.78, 5) is 3.88. The monoisotopic (exact) mass is 244 g/mol. The molecule has 0 aromatic carbocycles. The summed E-state index contributed by atoms with van der Waals surface area (Å²) in [5.74, 6) is 0. The van der Waals surface area contributed by atoms with Gasteiger partial charge in [0.2, 0.25) is 0 Å². The molecule has 1 aromatic rings. The van der Waals surface area contributed by atoms with Crippen LogP contribution in [0, 0.1) is 0 Å². The van der Waals surface area contributed by atoms with Crippen molar-refractivity contribution in [3.63, 3.8) is 0 Å². The quantitative estimate of drug-likeness (QED) is 0.861. The van der Waals surface area contributed by atoms with E-state index in [2.05, 4.69) is 30.1 Å². The Balaban J connectivity index is 2.04. The second kappa shape index (κ2) is 4.42. The Morgan fingerprint density at radius 1 is 1.53 bits per heavy atom. The van der Waals surface area contributed by atoms with Crippen LogP contribution in [-0.2, 0) is 6.54 Å². The summed E-state index contributed by atoms with van der Waals surface area (Å²) >= 11 is 7.62. The number of nitrogens with zero attached hydrogens (tertiary/aromatic N) is 1. The van der Waals surface area contributed by atoms with Crippen LogP contribution >= 0.6 is 22.9 Å². The molecule has 15 heavy (non-hydrogen) atoms. The van der Waals surface area contributed by atoms with Crippen molar-refractivity contribution < 1.29 is 0 Å². The van der Waals surface area contributed by atoms with Gasteiger partial charge in [-0.2, -0.15) is 0 Å². The molecule has 2 nitrogen and oxygen atoms in total. The summed E-state index contributed by atoms with van der Waals surface area (Å²) in [7, 11) is 0. The molecule has 1 saturated heterocycles. The highest BCUT2D eigenvalue weighted by molar-refractivity contribution is 7.16.